The molecule has 1 saturated heterocycles. The van der Waals surface area contributed by atoms with Gasteiger partial charge < -0.3 is 9.64 Å². The molecule has 5 nitrogen and oxygen atoms in total. The largest absolute Gasteiger partial charge is 0.494 e. The number of nitrogens with zero attached hydrogens (tertiary/aromatic N) is 2. The van der Waals surface area contributed by atoms with E-state index in [2.05, 4.69) is 34.1 Å². The molecule has 1 aromatic heterocycles. The molecule has 4 rings (SSSR count). The number of pyridine rings is 1. The van der Waals surface area contributed by atoms with Crippen LogP contribution in [-0.2, 0) is 17.6 Å². The molecule has 36 heavy (non-hydrogen) atoms. The molecule has 0 atom stereocenters. The van der Waals surface area contributed by atoms with Gasteiger partial charge in [-0.05, 0) is 74.4 Å². The van der Waals surface area contributed by atoms with Crippen molar-refractivity contribution < 1.29 is 14.3 Å². The Morgan fingerprint density at radius 3 is 2.42 bits per heavy atom. The number of unbranched alkanes of at least 4 members (excludes halogenated alkanes) is 1. The number of Topliss-reactive ketones (excluding diaryl/α,β-unsaturated/α-hetero) is 2. The summed E-state index contributed by atoms with van der Waals surface area (Å²) in [5.74, 6) is 2.25. The van der Waals surface area contributed by atoms with E-state index < -0.39 is 0 Å². The van der Waals surface area contributed by atoms with Crippen LogP contribution < -0.4 is 9.64 Å². The summed E-state index contributed by atoms with van der Waals surface area (Å²) in [5, 5.41) is 0. The van der Waals surface area contributed by atoms with Crippen molar-refractivity contribution in [3.05, 3.63) is 89.6 Å². The molecule has 0 amide bonds. The van der Waals surface area contributed by atoms with Crippen molar-refractivity contribution >= 4 is 17.4 Å². The zero-order valence-corrected chi connectivity index (χ0v) is 21.2. The van der Waals surface area contributed by atoms with Gasteiger partial charge in [0.15, 0.2) is 5.78 Å². The number of ketones is 2. The third kappa shape index (κ3) is 7.27. The monoisotopic (exact) mass is 484 g/mol. The van der Waals surface area contributed by atoms with Gasteiger partial charge in [-0.1, -0.05) is 42.5 Å². The number of carbonyl (C=O) groups is 2. The zero-order chi connectivity index (χ0) is 25.2. The predicted octanol–water partition coefficient (Wildman–Crippen LogP) is 6.10. The molecular weight excluding hydrogens is 448 g/mol. The van der Waals surface area contributed by atoms with Crippen molar-refractivity contribution in [2.75, 3.05) is 24.6 Å². The predicted molar refractivity (Wildman–Crippen MR) is 144 cm³/mol. The summed E-state index contributed by atoms with van der Waals surface area (Å²) >= 11 is 0. The summed E-state index contributed by atoms with van der Waals surface area (Å²) < 4.78 is 5.48. The molecule has 0 unspecified atom stereocenters. The Hall–Kier alpha value is -3.47. The average molecular weight is 485 g/mol. The van der Waals surface area contributed by atoms with E-state index in [4.69, 9.17) is 4.74 Å². The van der Waals surface area contributed by atoms with Crippen LogP contribution in [0.5, 0.6) is 5.75 Å². The Labute approximate surface area is 214 Å². The average Bonchev–Trinajstić information content (AvgIpc) is 2.93. The van der Waals surface area contributed by atoms with Gasteiger partial charge in [-0.2, -0.15) is 0 Å². The van der Waals surface area contributed by atoms with Gasteiger partial charge in [0.1, 0.15) is 17.4 Å². The van der Waals surface area contributed by atoms with E-state index in [0.717, 1.165) is 62.3 Å². The van der Waals surface area contributed by atoms with Gasteiger partial charge in [0.05, 0.1) is 6.61 Å². The first-order valence-electron chi connectivity index (χ1n) is 13.1. The lowest BCUT2D eigenvalue weighted by Gasteiger charge is -2.32. The van der Waals surface area contributed by atoms with Crippen LogP contribution in [0, 0.1) is 5.92 Å². The van der Waals surface area contributed by atoms with E-state index in [1.54, 1.807) is 12.3 Å². The van der Waals surface area contributed by atoms with Gasteiger partial charge >= 0.3 is 0 Å². The molecule has 0 N–H and O–H groups in total. The molecule has 1 fully saturated rings. The highest BCUT2D eigenvalue weighted by Crippen LogP contribution is 2.25. The highest BCUT2D eigenvalue weighted by Gasteiger charge is 2.25. The van der Waals surface area contributed by atoms with E-state index in [1.807, 2.05) is 43.3 Å². The van der Waals surface area contributed by atoms with Gasteiger partial charge in [0.25, 0.3) is 0 Å². The van der Waals surface area contributed by atoms with E-state index in [-0.39, 0.29) is 11.7 Å². The molecule has 0 bridgehead atoms. The maximum Gasteiger partial charge on any atom is 0.167 e. The normalized spacial score (nSPS) is 14.0. The lowest BCUT2D eigenvalue weighted by Crippen LogP contribution is -2.36. The van der Waals surface area contributed by atoms with E-state index in [1.165, 1.54) is 5.56 Å². The summed E-state index contributed by atoms with van der Waals surface area (Å²) in [4.78, 5) is 32.4. The highest BCUT2D eigenvalue weighted by molar-refractivity contribution is 5.98. The number of hydrogen-bond donors (Lipinski definition) is 0. The number of aromatic nitrogens is 1. The summed E-state index contributed by atoms with van der Waals surface area (Å²) in [5.41, 5.74) is 2.97. The maximum absolute atomic E-state index is 12.9. The molecule has 1 aliphatic rings. The fraction of sp³-hybridized carbons (Fsp3) is 0.387. The van der Waals surface area contributed by atoms with Crippen molar-refractivity contribution in [3.63, 3.8) is 0 Å². The molecule has 188 valence electrons. The Kier molecular flexibility index (Phi) is 9.26. The van der Waals surface area contributed by atoms with Crippen molar-refractivity contribution in [2.24, 2.45) is 5.92 Å². The van der Waals surface area contributed by atoms with Crippen LogP contribution in [0.3, 0.4) is 0 Å². The van der Waals surface area contributed by atoms with Crippen LogP contribution in [0.15, 0.2) is 72.9 Å². The van der Waals surface area contributed by atoms with Gasteiger partial charge in [-0.3, -0.25) is 9.59 Å². The summed E-state index contributed by atoms with van der Waals surface area (Å²) in [7, 11) is 0. The first kappa shape index (κ1) is 25.6. The number of carbonyl (C=O) groups excluding carboxylic acids is 2. The third-order valence-corrected chi connectivity index (χ3v) is 6.92. The molecule has 2 heterocycles. The summed E-state index contributed by atoms with van der Waals surface area (Å²) in [6, 6.07) is 21.8. The van der Waals surface area contributed by atoms with Crippen LogP contribution in [0.2, 0.25) is 0 Å². The van der Waals surface area contributed by atoms with Gasteiger partial charge in [0.2, 0.25) is 0 Å². The second kappa shape index (κ2) is 13.0. The fourth-order valence-electron chi connectivity index (χ4n) is 4.83. The lowest BCUT2D eigenvalue weighted by atomic mass is 9.89. The number of ether oxygens (including phenoxy) is 1. The third-order valence-electron chi connectivity index (χ3n) is 6.92. The van der Waals surface area contributed by atoms with Crippen molar-refractivity contribution in [3.8, 4) is 5.75 Å². The first-order chi connectivity index (χ1) is 17.6. The van der Waals surface area contributed by atoms with E-state index in [0.29, 0.717) is 30.8 Å². The Balaban J connectivity index is 1.23. The number of benzene rings is 2. The second-order valence-electron chi connectivity index (χ2n) is 9.50. The van der Waals surface area contributed by atoms with Crippen molar-refractivity contribution in [2.45, 2.75) is 51.9 Å². The Bertz CT molecular complexity index is 1120. The van der Waals surface area contributed by atoms with Gasteiger partial charge in [0, 0.05) is 43.6 Å². The lowest BCUT2D eigenvalue weighted by molar-refractivity contribution is -0.123. The first-order valence-corrected chi connectivity index (χ1v) is 13.1. The zero-order valence-electron chi connectivity index (χ0n) is 21.2. The molecule has 2 aromatic carbocycles. The fourth-order valence-corrected chi connectivity index (χ4v) is 4.83. The second-order valence-corrected chi connectivity index (χ2v) is 9.50. The van der Waals surface area contributed by atoms with Crippen LogP contribution in [0.1, 0.15) is 60.5 Å². The quantitative estimate of drug-likeness (QED) is 0.229. The molecular formula is C31H36N2O3. The topological polar surface area (TPSA) is 59.5 Å². The minimum Gasteiger partial charge on any atom is -0.494 e. The van der Waals surface area contributed by atoms with E-state index in [9.17, 15) is 9.59 Å². The number of hydrogen-bond acceptors (Lipinski definition) is 5. The number of anilines is 1. The Morgan fingerprint density at radius 1 is 0.944 bits per heavy atom. The summed E-state index contributed by atoms with van der Waals surface area (Å²) in [6.07, 6.45) is 7.47. The van der Waals surface area contributed by atoms with E-state index >= 15 is 0 Å². The smallest absolute Gasteiger partial charge is 0.167 e. The van der Waals surface area contributed by atoms with Crippen molar-refractivity contribution in [1.82, 2.24) is 4.98 Å². The number of rotatable bonds is 12. The molecule has 0 saturated carbocycles. The molecule has 0 radical (unpaired) electrons. The molecule has 1 aliphatic heterocycles. The van der Waals surface area contributed by atoms with Crippen molar-refractivity contribution in [1.29, 1.82) is 0 Å². The number of piperidine rings is 1. The van der Waals surface area contributed by atoms with Crippen LogP contribution >= 0.6 is 0 Å². The van der Waals surface area contributed by atoms with Gasteiger partial charge in [-0.15, -0.1) is 0 Å². The molecule has 0 aliphatic carbocycles. The summed E-state index contributed by atoms with van der Waals surface area (Å²) in [6.45, 7) is 4.17. The highest BCUT2D eigenvalue weighted by atomic mass is 16.5. The number of aryl methyl sites for hydroxylation is 1. The minimum absolute atomic E-state index is 0.0726. The Morgan fingerprint density at radius 2 is 1.69 bits per heavy atom. The van der Waals surface area contributed by atoms with Crippen LogP contribution in [0.25, 0.3) is 0 Å². The van der Waals surface area contributed by atoms with Gasteiger partial charge in [-0.25, -0.2) is 4.98 Å². The maximum atomic E-state index is 12.9. The van der Waals surface area contributed by atoms with Crippen LogP contribution in [-0.4, -0.2) is 36.2 Å². The standard InChI is InChI=1S/C31H36N2O3/c1-2-36-28-14-12-25(13-15-28)22-30(35)27-16-19-32-31(23-27)33-20-17-26(18-21-33)29(34)11-7-6-10-24-8-4-3-5-9-24/h3-5,8-9,12-16,19,23,26H,2,6-7,10-11,17-18,20-22H2,1H3. The minimum atomic E-state index is 0.0726. The molecule has 3 aromatic rings. The molecule has 5 heteroatoms. The van der Waals surface area contributed by atoms with Crippen LogP contribution in [0.4, 0.5) is 5.82 Å². The SMILES string of the molecule is CCOc1ccc(CC(=O)c2ccnc(N3CCC(C(=O)CCCCc4ccccc4)CC3)c2)cc1. The molecule has 0 spiro atoms.